The highest BCUT2D eigenvalue weighted by molar-refractivity contribution is 9.10. The van der Waals surface area contributed by atoms with Crippen LogP contribution in [0.4, 0.5) is 5.69 Å². The van der Waals surface area contributed by atoms with E-state index in [4.69, 9.17) is 11.6 Å². The van der Waals surface area contributed by atoms with Gasteiger partial charge >= 0.3 is 0 Å². The van der Waals surface area contributed by atoms with Gasteiger partial charge in [0.05, 0.1) is 5.69 Å². The molecule has 16 heavy (non-hydrogen) atoms. The van der Waals surface area contributed by atoms with Crippen molar-refractivity contribution >= 4 is 39.1 Å². The monoisotopic (exact) mass is 302 g/mol. The van der Waals surface area contributed by atoms with Gasteiger partial charge in [0, 0.05) is 15.9 Å². The highest BCUT2D eigenvalue weighted by atomic mass is 79.9. The van der Waals surface area contributed by atoms with Crippen molar-refractivity contribution in [2.45, 2.75) is 6.42 Å². The Hall–Kier alpha value is -0.580. The number of carbonyl (C=O) groups excluding carboxylic acids is 1. The number of halogens is 2. The molecule has 0 unspecified atom stereocenters. The zero-order valence-corrected chi connectivity index (χ0v) is 10.9. The molecule has 0 saturated carbocycles. The van der Waals surface area contributed by atoms with Gasteiger partial charge in [0.1, 0.15) is 0 Å². The molecule has 1 amide bonds. The van der Waals surface area contributed by atoms with Crippen molar-refractivity contribution in [3.05, 3.63) is 27.7 Å². The first-order valence-corrected chi connectivity index (χ1v) is 6.28. The number of hydrogen-bond donors (Lipinski definition) is 2. The molecule has 0 spiro atoms. The lowest BCUT2D eigenvalue weighted by Gasteiger charge is -2.26. The fourth-order valence-corrected chi connectivity index (χ4v) is 2.33. The molecule has 0 radical (unpaired) electrons. The predicted octanol–water partition coefficient (Wildman–Crippen LogP) is 2.65. The summed E-state index contributed by atoms with van der Waals surface area (Å²) < 4.78 is 0.806. The van der Waals surface area contributed by atoms with Crippen LogP contribution in [0.25, 0.3) is 0 Å². The summed E-state index contributed by atoms with van der Waals surface area (Å²) in [4.78, 5) is 11.7. The molecule has 0 bridgehead atoms. The van der Waals surface area contributed by atoms with Crippen molar-refractivity contribution < 1.29 is 4.79 Å². The smallest absolute Gasteiger partial charge is 0.224 e. The molecule has 0 atom stereocenters. The van der Waals surface area contributed by atoms with Crippen LogP contribution in [0.15, 0.2) is 22.7 Å². The lowest BCUT2D eigenvalue weighted by molar-refractivity contribution is -0.117. The van der Waals surface area contributed by atoms with E-state index in [1.165, 1.54) is 0 Å². The van der Waals surface area contributed by atoms with E-state index in [1.807, 2.05) is 0 Å². The maximum absolute atomic E-state index is 11.7. The van der Waals surface area contributed by atoms with E-state index < -0.39 is 0 Å². The van der Waals surface area contributed by atoms with Crippen molar-refractivity contribution in [1.82, 2.24) is 5.32 Å². The molecule has 86 valence electrons. The van der Waals surface area contributed by atoms with E-state index in [9.17, 15) is 4.79 Å². The summed E-state index contributed by atoms with van der Waals surface area (Å²) in [7, 11) is 0. The Morgan fingerprint density at radius 3 is 2.88 bits per heavy atom. The van der Waals surface area contributed by atoms with Crippen LogP contribution in [0.3, 0.4) is 0 Å². The van der Waals surface area contributed by atoms with Gasteiger partial charge < -0.3 is 10.6 Å². The summed E-state index contributed by atoms with van der Waals surface area (Å²) in [5.41, 5.74) is 0.765. The first kappa shape index (κ1) is 11.9. The first-order chi connectivity index (χ1) is 7.65. The van der Waals surface area contributed by atoms with Gasteiger partial charge in [0.25, 0.3) is 0 Å². The molecule has 1 saturated heterocycles. The van der Waals surface area contributed by atoms with Gasteiger partial charge in [-0.2, -0.15) is 0 Å². The molecule has 1 heterocycles. The molecule has 5 heteroatoms. The molecule has 0 aromatic heterocycles. The van der Waals surface area contributed by atoms with Crippen molar-refractivity contribution in [2.24, 2.45) is 5.92 Å². The molecule has 1 aromatic carbocycles. The van der Waals surface area contributed by atoms with Gasteiger partial charge in [-0.05, 0) is 53.1 Å². The maximum Gasteiger partial charge on any atom is 0.224 e. The average molecular weight is 304 g/mol. The number of nitrogens with one attached hydrogen (secondary N) is 2. The molecule has 2 rings (SSSR count). The molecule has 1 aromatic rings. The predicted molar refractivity (Wildman–Crippen MR) is 68.8 cm³/mol. The fraction of sp³-hybridized carbons (Fsp3) is 0.364. The second-order valence-corrected chi connectivity index (χ2v) is 5.19. The second-order valence-electron chi connectivity index (χ2n) is 3.90. The zero-order valence-electron chi connectivity index (χ0n) is 8.59. The highest BCUT2D eigenvalue weighted by Crippen LogP contribution is 2.26. The number of rotatable bonds is 3. The van der Waals surface area contributed by atoms with Gasteiger partial charge in [0.15, 0.2) is 0 Å². The summed E-state index contributed by atoms with van der Waals surface area (Å²) in [5, 5.41) is 6.65. The summed E-state index contributed by atoms with van der Waals surface area (Å²) in [6, 6.07) is 5.32. The van der Waals surface area contributed by atoms with E-state index in [2.05, 4.69) is 26.6 Å². The van der Waals surface area contributed by atoms with Gasteiger partial charge in [-0.1, -0.05) is 11.6 Å². The Morgan fingerprint density at radius 2 is 2.31 bits per heavy atom. The molecule has 1 aliphatic rings. The topological polar surface area (TPSA) is 41.1 Å². The summed E-state index contributed by atoms with van der Waals surface area (Å²) in [5.74, 6) is 0.528. The third-order valence-electron chi connectivity index (χ3n) is 2.55. The normalized spacial score (nSPS) is 15.6. The second kappa shape index (κ2) is 5.17. The van der Waals surface area contributed by atoms with Crippen molar-refractivity contribution in [3.8, 4) is 0 Å². The number of anilines is 1. The zero-order chi connectivity index (χ0) is 11.5. The van der Waals surface area contributed by atoms with Crippen molar-refractivity contribution in [1.29, 1.82) is 0 Å². The van der Waals surface area contributed by atoms with Crippen LogP contribution in [0, 0.1) is 5.92 Å². The van der Waals surface area contributed by atoms with E-state index in [-0.39, 0.29) is 5.91 Å². The van der Waals surface area contributed by atoms with Gasteiger partial charge in [-0.3, -0.25) is 4.79 Å². The minimum Gasteiger partial charge on any atom is -0.325 e. The molecule has 2 N–H and O–H groups in total. The minimum absolute atomic E-state index is 0.0505. The van der Waals surface area contributed by atoms with Crippen molar-refractivity contribution in [3.63, 3.8) is 0 Å². The molecule has 0 aliphatic carbocycles. The molecule has 1 fully saturated rings. The average Bonchev–Trinajstić information content (AvgIpc) is 2.16. The van der Waals surface area contributed by atoms with Gasteiger partial charge in [0.2, 0.25) is 5.91 Å². The van der Waals surface area contributed by atoms with Gasteiger partial charge in [-0.25, -0.2) is 0 Å². The van der Waals surface area contributed by atoms with Crippen molar-refractivity contribution in [2.75, 3.05) is 18.4 Å². The van der Waals surface area contributed by atoms with Crippen LogP contribution in [0.2, 0.25) is 5.02 Å². The van der Waals surface area contributed by atoms with Crippen LogP contribution >= 0.6 is 27.5 Å². The standard InChI is InChI=1S/C11H12BrClN2O/c12-9-4-8(13)1-2-10(9)15-11(16)3-7-5-14-6-7/h1-2,4,7,14H,3,5-6H2,(H,15,16). The molecular weight excluding hydrogens is 291 g/mol. The fourth-order valence-electron chi connectivity index (χ4n) is 1.55. The first-order valence-electron chi connectivity index (χ1n) is 5.11. The number of benzene rings is 1. The minimum atomic E-state index is 0.0505. The quantitative estimate of drug-likeness (QED) is 0.901. The SMILES string of the molecule is O=C(CC1CNC1)Nc1ccc(Cl)cc1Br. The Balaban J connectivity index is 1.94. The van der Waals surface area contributed by atoms with Gasteiger partial charge in [-0.15, -0.1) is 0 Å². The Kier molecular flexibility index (Phi) is 3.84. The Bertz CT molecular complexity index is 407. The van der Waals surface area contributed by atoms with Crippen LogP contribution in [0.5, 0.6) is 0 Å². The third-order valence-corrected chi connectivity index (χ3v) is 3.44. The summed E-state index contributed by atoms with van der Waals surface area (Å²) >= 11 is 9.18. The molecule has 1 aliphatic heterocycles. The summed E-state index contributed by atoms with van der Waals surface area (Å²) in [6.07, 6.45) is 0.571. The van der Waals surface area contributed by atoms with E-state index in [0.717, 1.165) is 23.2 Å². The van der Waals surface area contributed by atoms with Crippen LogP contribution in [0.1, 0.15) is 6.42 Å². The highest BCUT2D eigenvalue weighted by Gasteiger charge is 2.20. The maximum atomic E-state index is 11.7. The largest absolute Gasteiger partial charge is 0.325 e. The third kappa shape index (κ3) is 2.97. The van der Waals surface area contributed by atoms with Crippen LogP contribution in [-0.4, -0.2) is 19.0 Å². The van der Waals surface area contributed by atoms with Crippen LogP contribution < -0.4 is 10.6 Å². The molecular formula is C11H12BrClN2O. The van der Waals surface area contributed by atoms with E-state index in [1.54, 1.807) is 18.2 Å². The lowest BCUT2D eigenvalue weighted by Crippen LogP contribution is -2.43. The Labute approximate surface area is 108 Å². The number of hydrogen-bond acceptors (Lipinski definition) is 2. The lowest BCUT2D eigenvalue weighted by atomic mass is 9.99. The molecule has 3 nitrogen and oxygen atoms in total. The summed E-state index contributed by atoms with van der Waals surface area (Å²) in [6.45, 7) is 1.88. The van der Waals surface area contributed by atoms with E-state index in [0.29, 0.717) is 17.4 Å². The van der Waals surface area contributed by atoms with Crippen LogP contribution in [-0.2, 0) is 4.79 Å². The number of amides is 1. The number of carbonyl (C=O) groups is 1. The van der Waals surface area contributed by atoms with E-state index >= 15 is 0 Å². The Morgan fingerprint density at radius 1 is 1.56 bits per heavy atom.